The van der Waals surface area contributed by atoms with Gasteiger partial charge in [-0.25, -0.2) is 4.98 Å². The number of hydrogen-bond acceptors (Lipinski definition) is 4. The van der Waals surface area contributed by atoms with Gasteiger partial charge in [0.1, 0.15) is 0 Å². The average molecular weight is 383 g/mol. The van der Waals surface area contributed by atoms with Gasteiger partial charge in [0.25, 0.3) is 5.56 Å². The van der Waals surface area contributed by atoms with Crippen LogP contribution in [0, 0.1) is 0 Å². The molecule has 0 aliphatic heterocycles. The Bertz CT molecular complexity index is 1180. The summed E-state index contributed by atoms with van der Waals surface area (Å²) in [6.07, 6.45) is 0. The maximum atomic E-state index is 13.3. The fourth-order valence-corrected chi connectivity index (χ4v) is 3.48. The Balaban J connectivity index is 2.07. The van der Waals surface area contributed by atoms with Crippen LogP contribution >= 0.6 is 11.6 Å². The van der Waals surface area contributed by atoms with Crippen LogP contribution in [-0.2, 0) is 11.8 Å². The quantitative estimate of drug-likeness (QED) is 0.536. The fourth-order valence-electron chi connectivity index (χ4n) is 3.32. The Hall–Kier alpha value is -2.83. The van der Waals surface area contributed by atoms with E-state index in [1.54, 1.807) is 11.7 Å². The molecule has 2 heterocycles. The van der Waals surface area contributed by atoms with Gasteiger partial charge in [-0.1, -0.05) is 29.8 Å². The number of methoxy groups -OCH3 is 1. The van der Waals surface area contributed by atoms with E-state index in [2.05, 4.69) is 10.3 Å². The van der Waals surface area contributed by atoms with Crippen molar-refractivity contribution in [3.8, 4) is 5.69 Å². The van der Waals surface area contributed by atoms with Crippen molar-refractivity contribution >= 4 is 39.5 Å². The lowest BCUT2D eigenvalue weighted by Gasteiger charge is -2.12. The molecule has 0 saturated heterocycles. The number of benzene rings is 2. The van der Waals surface area contributed by atoms with E-state index in [-0.39, 0.29) is 5.56 Å². The second-order valence-corrected chi connectivity index (χ2v) is 6.69. The summed E-state index contributed by atoms with van der Waals surface area (Å²) < 4.78 is 8.64. The van der Waals surface area contributed by atoms with E-state index in [1.165, 1.54) is 0 Å². The van der Waals surface area contributed by atoms with Gasteiger partial charge in [0.05, 0.1) is 17.6 Å². The Morgan fingerprint density at radius 2 is 1.96 bits per heavy atom. The van der Waals surface area contributed by atoms with Crippen molar-refractivity contribution in [3.63, 3.8) is 0 Å². The lowest BCUT2D eigenvalue weighted by atomic mass is 10.1. The first-order valence-electron chi connectivity index (χ1n) is 8.60. The van der Waals surface area contributed by atoms with Gasteiger partial charge in [0.15, 0.2) is 5.52 Å². The number of nitrogens with zero attached hydrogens (tertiary/aromatic N) is 3. The molecule has 2 aromatic heterocycles. The van der Waals surface area contributed by atoms with Gasteiger partial charge in [-0.2, -0.15) is 0 Å². The number of nitrogens with one attached hydrogen (secondary N) is 1. The minimum absolute atomic E-state index is 0.179. The van der Waals surface area contributed by atoms with E-state index in [1.807, 2.05) is 60.1 Å². The van der Waals surface area contributed by atoms with Gasteiger partial charge in [-0.05, 0) is 30.3 Å². The molecule has 0 aliphatic carbocycles. The van der Waals surface area contributed by atoms with E-state index in [9.17, 15) is 4.79 Å². The second kappa shape index (κ2) is 7.06. The molecule has 0 spiro atoms. The number of pyridine rings is 1. The number of anilines is 1. The summed E-state index contributed by atoms with van der Waals surface area (Å²) in [5.41, 5.74) is 2.53. The number of fused-ring (bicyclic) bond motifs is 3. The molecule has 0 bridgehead atoms. The van der Waals surface area contributed by atoms with Crippen molar-refractivity contribution in [1.29, 1.82) is 0 Å². The number of aromatic nitrogens is 3. The maximum absolute atomic E-state index is 13.3. The molecule has 0 aliphatic rings. The van der Waals surface area contributed by atoms with Crippen LogP contribution in [0.3, 0.4) is 0 Å². The zero-order valence-corrected chi connectivity index (χ0v) is 15.8. The molecule has 0 saturated carbocycles. The lowest BCUT2D eigenvalue weighted by molar-refractivity contribution is 0.210. The van der Waals surface area contributed by atoms with Gasteiger partial charge in [-0.3, -0.25) is 9.36 Å². The molecule has 4 aromatic rings. The summed E-state index contributed by atoms with van der Waals surface area (Å²) in [7, 11) is 3.54. The predicted molar refractivity (Wildman–Crippen MR) is 109 cm³/mol. The van der Waals surface area contributed by atoms with Crippen molar-refractivity contribution in [2.45, 2.75) is 0 Å². The third-order valence-corrected chi connectivity index (χ3v) is 4.80. The highest BCUT2D eigenvalue weighted by Crippen LogP contribution is 2.28. The Morgan fingerprint density at radius 3 is 2.70 bits per heavy atom. The van der Waals surface area contributed by atoms with Crippen molar-refractivity contribution in [3.05, 3.63) is 63.9 Å². The van der Waals surface area contributed by atoms with Crippen molar-refractivity contribution < 1.29 is 4.74 Å². The van der Waals surface area contributed by atoms with Gasteiger partial charge in [0, 0.05) is 36.8 Å². The number of hydrogen-bond donors (Lipinski definition) is 1. The third kappa shape index (κ3) is 2.97. The standard InChI is InChI=1S/C20H19ClN4O2/c1-24-18-15-9-8-13(21)12-16(15)25(14-6-4-3-5-7-14)19(26)17(18)23-20(24)22-10-11-27-2/h3-9,12H,10-11H2,1-2H3,(H,22,23). The minimum Gasteiger partial charge on any atom is -0.383 e. The molecule has 4 rings (SSSR count). The number of imidazole rings is 1. The third-order valence-electron chi connectivity index (χ3n) is 4.56. The first-order valence-corrected chi connectivity index (χ1v) is 8.98. The van der Waals surface area contributed by atoms with Crippen LogP contribution in [0.5, 0.6) is 0 Å². The first-order chi connectivity index (χ1) is 13.1. The highest BCUT2D eigenvalue weighted by Gasteiger charge is 2.18. The average Bonchev–Trinajstić information content (AvgIpc) is 3.00. The summed E-state index contributed by atoms with van der Waals surface area (Å²) in [6, 6.07) is 15.1. The second-order valence-electron chi connectivity index (χ2n) is 6.25. The summed E-state index contributed by atoms with van der Waals surface area (Å²) in [4.78, 5) is 17.9. The Labute approximate surface area is 161 Å². The first kappa shape index (κ1) is 17.6. The largest absolute Gasteiger partial charge is 0.383 e. The SMILES string of the molecule is COCCNc1nc2c(=O)n(-c3ccccc3)c3cc(Cl)ccc3c2n1C. The highest BCUT2D eigenvalue weighted by molar-refractivity contribution is 6.31. The predicted octanol–water partition coefficient (Wildman–Crippen LogP) is 3.59. The monoisotopic (exact) mass is 382 g/mol. The van der Waals surface area contributed by atoms with Crippen LogP contribution in [-0.4, -0.2) is 34.4 Å². The van der Waals surface area contributed by atoms with Gasteiger partial charge in [0.2, 0.25) is 5.95 Å². The molecular formula is C20H19ClN4O2. The molecule has 7 heteroatoms. The van der Waals surface area contributed by atoms with E-state index >= 15 is 0 Å². The molecule has 2 aromatic carbocycles. The molecule has 0 fully saturated rings. The summed E-state index contributed by atoms with van der Waals surface area (Å²) in [5, 5.41) is 4.70. The molecule has 0 atom stereocenters. The van der Waals surface area contributed by atoms with Gasteiger partial charge >= 0.3 is 0 Å². The van der Waals surface area contributed by atoms with E-state index < -0.39 is 0 Å². The molecule has 138 valence electrons. The van der Waals surface area contributed by atoms with Gasteiger partial charge < -0.3 is 14.6 Å². The molecule has 0 radical (unpaired) electrons. The zero-order valence-electron chi connectivity index (χ0n) is 15.1. The number of halogens is 1. The molecule has 27 heavy (non-hydrogen) atoms. The normalized spacial score (nSPS) is 11.4. The minimum atomic E-state index is -0.179. The maximum Gasteiger partial charge on any atom is 0.283 e. The summed E-state index contributed by atoms with van der Waals surface area (Å²) in [5.74, 6) is 0.626. The van der Waals surface area contributed by atoms with Crippen LogP contribution in [0.2, 0.25) is 5.02 Å². The van der Waals surface area contributed by atoms with Crippen molar-refractivity contribution in [2.24, 2.45) is 7.05 Å². The van der Waals surface area contributed by atoms with Crippen LogP contribution < -0.4 is 10.9 Å². The van der Waals surface area contributed by atoms with Gasteiger partial charge in [-0.15, -0.1) is 0 Å². The lowest BCUT2D eigenvalue weighted by Crippen LogP contribution is -2.19. The zero-order chi connectivity index (χ0) is 19.0. The topological polar surface area (TPSA) is 61.1 Å². The molecule has 0 amide bonds. The number of rotatable bonds is 5. The highest BCUT2D eigenvalue weighted by atomic mass is 35.5. The van der Waals surface area contributed by atoms with Crippen molar-refractivity contribution in [1.82, 2.24) is 14.1 Å². The van der Waals surface area contributed by atoms with E-state index in [0.717, 1.165) is 22.1 Å². The molecule has 1 N–H and O–H groups in total. The van der Waals surface area contributed by atoms with E-state index in [0.29, 0.717) is 29.6 Å². The Morgan fingerprint density at radius 1 is 1.19 bits per heavy atom. The Kier molecular flexibility index (Phi) is 4.59. The smallest absolute Gasteiger partial charge is 0.283 e. The van der Waals surface area contributed by atoms with E-state index in [4.69, 9.17) is 16.3 Å². The van der Waals surface area contributed by atoms with Crippen LogP contribution in [0.4, 0.5) is 5.95 Å². The number of aryl methyl sites for hydroxylation is 1. The van der Waals surface area contributed by atoms with Crippen LogP contribution in [0.1, 0.15) is 0 Å². The molecular weight excluding hydrogens is 364 g/mol. The molecule has 6 nitrogen and oxygen atoms in total. The fraction of sp³-hybridized carbons (Fsp3) is 0.200. The summed E-state index contributed by atoms with van der Waals surface area (Å²) in [6.45, 7) is 1.15. The molecule has 0 unspecified atom stereocenters. The number of para-hydroxylation sites is 1. The van der Waals surface area contributed by atoms with Crippen LogP contribution in [0.15, 0.2) is 53.3 Å². The number of ether oxygens (including phenoxy) is 1. The van der Waals surface area contributed by atoms with Crippen LogP contribution in [0.25, 0.3) is 27.6 Å². The summed E-state index contributed by atoms with van der Waals surface area (Å²) >= 11 is 6.25. The van der Waals surface area contributed by atoms with Crippen molar-refractivity contribution in [2.75, 3.05) is 25.6 Å².